The molecule has 4 nitrogen and oxygen atoms in total. The van der Waals surface area contributed by atoms with Crippen molar-refractivity contribution >= 4 is 6.21 Å². The lowest BCUT2D eigenvalue weighted by Crippen LogP contribution is -2.06. The molecular formula is C18H14F4N4. The van der Waals surface area contributed by atoms with Crippen LogP contribution in [-0.2, 0) is 12.6 Å². The molecule has 0 fully saturated rings. The third-order valence-corrected chi connectivity index (χ3v) is 3.81. The number of H-pyrrole nitrogens is 1. The molecule has 8 heteroatoms. The monoisotopic (exact) mass is 362 g/mol. The Morgan fingerprint density at radius 2 is 1.96 bits per heavy atom. The number of aromatic nitrogens is 3. The highest BCUT2D eigenvalue weighted by molar-refractivity contribution is 5.86. The quantitative estimate of drug-likeness (QED) is 0.557. The Hall–Kier alpha value is -3.03. The van der Waals surface area contributed by atoms with Crippen LogP contribution in [0.25, 0.3) is 11.3 Å². The molecule has 3 rings (SSSR count). The van der Waals surface area contributed by atoms with Crippen LogP contribution in [0.1, 0.15) is 22.4 Å². The summed E-state index contributed by atoms with van der Waals surface area (Å²) < 4.78 is 52.0. The van der Waals surface area contributed by atoms with Crippen molar-refractivity contribution in [1.29, 1.82) is 0 Å². The largest absolute Gasteiger partial charge is 0.416 e. The SMILES string of the molecule is C/N=C/c1[nH]nnc1-c1cccc(Cc2ccc(C(F)(F)F)cc2F)c1. The summed E-state index contributed by atoms with van der Waals surface area (Å²) >= 11 is 0. The second kappa shape index (κ2) is 7.07. The van der Waals surface area contributed by atoms with Crippen LogP contribution < -0.4 is 0 Å². The number of aliphatic imine (C=N–C) groups is 1. The van der Waals surface area contributed by atoms with Crippen LogP contribution in [0.2, 0.25) is 0 Å². The summed E-state index contributed by atoms with van der Waals surface area (Å²) in [6, 6.07) is 9.72. The van der Waals surface area contributed by atoms with Crippen LogP contribution >= 0.6 is 0 Å². The zero-order valence-corrected chi connectivity index (χ0v) is 13.7. The molecule has 0 saturated carbocycles. The van der Waals surface area contributed by atoms with Crippen LogP contribution in [0.3, 0.4) is 0 Å². The summed E-state index contributed by atoms with van der Waals surface area (Å²) in [5.41, 5.74) is 1.89. The average molecular weight is 362 g/mol. The number of alkyl halides is 3. The minimum atomic E-state index is -4.57. The van der Waals surface area contributed by atoms with Crippen LogP contribution in [0.5, 0.6) is 0 Å². The maximum Gasteiger partial charge on any atom is 0.416 e. The Kier molecular flexibility index (Phi) is 4.83. The van der Waals surface area contributed by atoms with E-state index in [9.17, 15) is 17.6 Å². The second-order valence-corrected chi connectivity index (χ2v) is 5.64. The number of hydrogen-bond acceptors (Lipinski definition) is 3. The lowest BCUT2D eigenvalue weighted by molar-refractivity contribution is -0.137. The lowest BCUT2D eigenvalue weighted by Gasteiger charge is -2.10. The van der Waals surface area contributed by atoms with Crippen LogP contribution in [0.4, 0.5) is 17.6 Å². The van der Waals surface area contributed by atoms with E-state index < -0.39 is 17.6 Å². The van der Waals surface area contributed by atoms with Crippen LogP contribution in [0, 0.1) is 5.82 Å². The highest BCUT2D eigenvalue weighted by atomic mass is 19.4. The number of hydrogen-bond donors (Lipinski definition) is 1. The van der Waals surface area contributed by atoms with Crippen molar-refractivity contribution in [1.82, 2.24) is 15.4 Å². The zero-order chi connectivity index (χ0) is 18.7. The number of rotatable bonds is 4. The second-order valence-electron chi connectivity index (χ2n) is 5.64. The molecule has 1 heterocycles. The first-order valence-corrected chi connectivity index (χ1v) is 7.66. The van der Waals surface area contributed by atoms with Gasteiger partial charge in [-0.05, 0) is 29.3 Å². The Morgan fingerprint density at radius 3 is 2.65 bits per heavy atom. The van der Waals surface area contributed by atoms with Gasteiger partial charge >= 0.3 is 6.18 Å². The van der Waals surface area contributed by atoms with Gasteiger partial charge < -0.3 is 0 Å². The van der Waals surface area contributed by atoms with Gasteiger partial charge in [0.15, 0.2) is 0 Å². The number of nitrogens with zero attached hydrogens (tertiary/aromatic N) is 3. The van der Waals surface area contributed by atoms with Gasteiger partial charge in [-0.15, -0.1) is 5.10 Å². The summed E-state index contributed by atoms with van der Waals surface area (Å²) in [5, 5.41) is 10.5. The number of halogens is 4. The fourth-order valence-electron chi connectivity index (χ4n) is 2.58. The van der Waals surface area contributed by atoms with Crippen molar-refractivity contribution in [2.75, 3.05) is 7.05 Å². The molecule has 0 radical (unpaired) electrons. The molecule has 2 aromatic carbocycles. The first-order chi connectivity index (χ1) is 12.4. The molecule has 0 aliphatic rings. The molecule has 0 bridgehead atoms. The third kappa shape index (κ3) is 3.79. The smallest absolute Gasteiger partial charge is 0.294 e. The van der Waals surface area contributed by atoms with Gasteiger partial charge in [0.25, 0.3) is 0 Å². The van der Waals surface area contributed by atoms with Crippen molar-refractivity contribution < 1.29 is 17.6 Å². The molecule has 0 unspecified atom stereocenters. The van der Waals surface area contributed by atoms with Crippen LogP contribution in [0.15, 0.2) is 47.5 Å². The Balaban J connectivity index is 1.89. The van der Waals surface area contributed by atoms with E-state index in [1.54, 1.807) is 31.5 Å². The van der Waals surface area contributed by atoms with E-state index in [-0.39, 0.29) is 12.0 Å². The van der Waals surface area contributed by atoms with Gasteiger partial charge in [-0.25, -0.2) is 4.39 Å². The fraction of sp³-hybridized carbons (Fsp3) is 0.167. The Labute approximate surface area is 146 Å². The van der Waals surface area contributed by atoms with Gasteiger partial charge in [0.05, 0.1) is 5.56 Å². The zero-order valence-electron chi connectivity index (χ0n) is 13.7. The van der Waals surface area contributed by atoms with E-state index in [1.165, 1.54) is 0 Å². The Morgan fingerprint density at radius 1 is 1.15 bits per heavy atom. The molecular weight excluding hydrogens is 348 g/mol. The first kappa shape index (κ1) is 17.8. The standard InChI is InChI=1S/C18H14F4N4/c1-23-10-16-17(25-26-24-16)13-4-2-3-11(8-13)7-12-5-6-14(9-15(12)19)18(20,21)22/h2-6,8-10H,7H2,1H3,(H,24,25,26)/b23-10+. The molecule has 134 valence electrons. The van der Waals surface area contributed by atoms with E-state index in [2.05, 4.69) is 20.4 Å². The third-order valence-electron chi connectivity index (χ3n) is 3.81. The fourth-order valence-corrected chi connectivity index (χ4v) is 2.58. The highest BCUT2D eigenvalue weighted by Gasteiger charge is 2.31. The minimum Gasteiger partial charge on any atom is -0.294 e. The minimum absolute atomic E-state index is 0.160. The molecule has 0 aliphatic carbocycles. The molecule has 0 saturated heterocycles. The van der Waals surface area contributed by atoms with Crippen molar-refractivity contribution in [3.8, 4) is 11.3 Å². The molecule has 0 atom stereocenters. The number of aromatic amines is 1. The molecule has 0 amide bonds. The molecule has 0 aliphatic heterocycles. The average Bonchev–Trinajstić information content (AvgIpc) is 3.05. The summed E-state index contributed by atoms with van der Waals surface area (Å²) in [6.07, 6.45) is -2.83. The van der Waals surface area contributed by atoms with Gasteiger partial charge in [-0.1, -0.05) is 29.5 Å². The van der Waals surface area contributed by atoms with Gasteiger partial charge in [-0.2, -0.15) is 13.2 Å². The van der Waals surface area contributed by atoms with E-state index >= 15 is 0 Å². The van der Waals surface area contributed by atoms with Gasteiger partial charge in [-0.3, -0.25) is 10.1 Å². The van der Waals surface area contributed by atoms with Crippen molar-refractivity contribution in [3.63, 3.8) is 0 Å². The predicted octanol–water partition coefficient (Wildman–Crippen LogP) is 4.27. The van der Waals surface area contributed by atoms with Gasteiger partial charge in [0.1, 0.15) is 17.2 Å². The summed E-state index contributed by atoms with van der Waals surface area (Å²) in [5.74, 6) is -0.884. The number of nitrogens with one attached hydrogen (secondary N) is 1. The van der Waals surface area contributed by atoms with E-state index in [4.69, 9.17) is 0 Å². The van der Waals surface area contributed by atoms with E-state index in [0.717, 1.165) is 23.3 Å². The first-order valence-electron chi connectivity index (χ1n) is 7.66. The highest BCUT2D eigenvalue weighted by Crippen LogP contribution is 2.31. The maximum absolute atomic E-state index is 14.1. The van der Waals surface area contributed by atoms with Gasteiger partial charge in [0.2, 0.25) is 0 Å². The van der Waals surface area contributed by atoms with Crippen molar-refractivity contribution in [2.45, 2.75) is 12.6 Å². The summed E-state index contributed by atoms with van der Waals surface area (Å²) in [6.45, 7) is 0. The van der Waals surface area contributed by atoms with Crippen molar-refractivity contribution in [3.05, 3.63) is 70.7 Å². The predicted molar refractivity (Wildman–Crippen MR) is 89.5 cm³/mol. The van der Waals surface area contributed by atoms with Gasteiger partial charge in [0, 0.05) is 25.2 Å². The summed E-state index contributed by atoms with van der Waals surface area (Å²) in [7, 11) is 1.62. The van der Waals surface area contributed by atoms with Crippen molar-refractivity contribution in [2.24, 2.45) is 4.99 Å². The maximum atomic E-state index is 14.1. The number of benzene rings is 2. The topological polar surface area (TPSA) is 53.9 Å². The van der Waals surface area contributed by atoms with E-state index in [1.807, 2.05) is 6.07 Å². The van der Waals surface area contributed by atoms with E-state index in [0.29, 0.717) is 17.5 Å². The normalized spacial score (nSPS) is 12.0. The molecule has 3 aromatic rings. The molecule has 1 aromatic heterocycles. The molecule has 26 heavy (non-hydrogen) atoms. The molecule has 1 N–H and O–H groups in total. The Bertz CT molecular complexity index is 944. The summed E-state index contributed by atoms with van der Waals surface area (Å²) in [4.78, 5) is 3.92. The van der Waals surface area contributed by atoms with Crippen LogP contribution in [-0.4, -0.2) is 28.7 Å². The molecule has 0 spiro atoms. The lowest BCUT2D eigenvalue weighted by atomic mass is 9.99.